The van der Waals surface area contributed by atoms with E-state index >= 15 is 0 Å². The summed E-state index contributed by atoms with van der Waals surface area (Å²) in [4.78, 5) is 0. The Morgan fingerprint density at radius 3 is 2.65 bits per heavy atom. The molecule has 0 bridgehead atoms. The third-order valence-electron chi connectivity index (χ3n) is 2.94. The highest BCUT2D eigenvalue weighted by atomic mass is 79.9. The van der Waals surface area contributed by atoms with Gasteiger partial charge in [0.05, 0.1) is 13.2 Å². The quantitative estimate of drug-likeness (QED) is 0.645. The lowest BCUT2D eigenvalue weighted by Crippen LogP contribution is -2.29. The first-order valence-corrected chi connectivity index (χ1v) is 6.98. The number of methoxy groups -OCH3 is 1. The van der Waals surface area contributed by atoms with E-state index in [0.717, 1.165) is 10.0 Å². The molecular weight excluding hydrogens is 347 g/mol. The van der Waals surface area contributed by atoms with Gasteiger partial charge in [-0.1, -0.05) is 33.6 Å². The Kier molecular flexibility index (Phi) is 4.99. The number of hydrogen-bond acceptors (Lipinski definition) is 3. The van der Waals surface area contributed by atoms with Gasteiger partial charge in [-0.15, -0.1) is 0 Å². The maximum Gasteiger partial charge on any atom is 0.165 e. The highest BCUT2D eigenvalue weighted by Gasteiger charge is 2.17. The van der Waals surface area contributed by atoms with Crippen LogP contribution in [0.4, 0.5) is 4.39 Å². The molecule has 0 spiro atoms. The summed E-state index contributed by atoms with van der Waals surface area (Å²) in [7, 11) is 1.42. The molecule has 0 heterocycles. The number of benzene rings is 2. The average molecular weight is 360 g/mol. The van der Waals surface area contributed by atoms with E-state index in [9.17, 15) is 4.39 Å². The standard InChI is InChI=1S/C14H13BrClFN2O/c1-20-13-5-2-8(6-12(13)17)14(19-18)10-7-9(15)3-4-11(10)16/h2-7,14,19H,18H2,1H3. The van der Waals surface area contributed by atoms with Crippen molar-refractivity contribution in [2.75, 3.05) is 7.11 Å². The summed E-state index contributed by atoms with van der Waals surface area (Å²) in [6, 6.07) is 9.68. The molecule has 0 aliphatic carbocycles. The monoisotopic (exact) mass is 358 g/mol. The van der Waals surface area contributed by atoms with E-state index in [1.165, 1.54) is 13.2 Å². The van der Waals surface area contributed by atoms with Gasteiger partial charge in [-0.2, -0.15) is 0 Å². The van der Waals surface area contributed by atoms with Crippen molar-refractivity contribution < 1.29 is 9.13 Å². The molecule has 1 atom stereocenters. The zero-order valence-electron chi connectivity index (χ0n) is 10.7. The number of rotatable bonds is 4. The largest absolute Gasteiger partial charge is 0.494 e. The zero-order chi connectivity index (χ0) is 14.7. The number of hydrazine groups is 1. The molecule has 106 valence electrons. The van der Waals surface area contributed by atoms with Crippen LogP contribution in [0.5, 0.6) is 5.75 Å². The number of nitrogens with two attached hydrogens (primary N) is 1. The summed E-state index contributed by atoms with van der Waals surface area (Å²) in [5.74, 6) is 5.34. The molecule has 0 saturated heterocycles. The summed E-state index contributed by atoms with van der Waals surface area (Å²) in [6.45, 7) is 0. The third kappa shape index (κ3) is 3.12. The van der Waals surface area contributed by atoms with Gasteiger partial charge >= 0.3 is 0 Å². The van der Waals surface area contributed by atoms with E-state index < -0.39 is 11.9 Å². The normalized spacial score (nSPS) is 12.2. The molecule has 0 fully saturated rings. The molecule has 1 unspecified atom stereocenters. The molecule has 6 heteroatoms. The molecule has 0 aliphatic rings. The predicted octanol–water partition coefficient (Wildman–Crippen LogP) is 3.80. The average Bonchev–Trinajstić information content (AvgIpc) is 2.44. The molecule has 0 aliphatic heterocycles. The molecule has 0 amide bonds. The maximum atomic E-state index is 13.8. The summed E-state index contributed by atoms with van der Waals surface area (Å²) >= 11 is 9.57. The molecule has 0 aromatic heterocycles. The van der Waals surface area contributed by atoms with E-state index in [1.807, 2.05) is 12.1 Å². The maximum absolute atomic E-state index is 13.8. The minimum atomic E-state index is -0.448. The Hall–Kier alpha value is -1.14. The van der Waals surface area contributed by atoms with Crippen LogP contribution in [-0.2, 0) is 0 Å². The first kappa shape index (κ1) is 15.3. The van der Waals surface area contributed by atoms with Crippen molar-refractivity contribution in [1.29, 1.82) is 0 Å². The minimum Gasteiger partial charge on any atom is -0.494 e. The fourth-order valence-electron chi connectivity index (χ4n) is 1.96. The second-order valence-corrected chi connectivity index (χ2v) is 5.48. The molecule has 0 saturated carbocycles. The van der Waals surface area contributed by atoms with Crippen LogP contribution in [0.3, 0.4) is 0 Å². The Labute approximate surface area is 130 Å². The summed E-state index contributed by atoms with van der Waals surface area (Å²) in [6.07, 6.45) is 0. The fourth-order valence-corrected chi connectivity index (χ4v) is 2.57. The van der Waals surface area contributed by atoms with Crippen molar-refractivity contribution in [1.82, 2.24) is 5.43 Å². The molecule has 3 nitrogen and oxygen atoms in total. The zero-order valence-corrected chi connectivity index (χ0v) is 13.0. The Balaban J connectivity index is 2.46. The van der Waals surface area contributed by atoms with Crippen molar-refractivity contribution in [3.63, 3.8) is 0 Å². The fraction of sp³-hybridized carbons (Fsp3) is 0.143. The second-order valence-electron chi connectivity index (χ2n) is 4.16. The van der Waals surface area contributed by atoms with Crippen LogP contribution in [0.2, 0.25) is 5.02 Å². The topological polar surface area (TPSA) is 47.3 Å². The molecule has 2 aromatic rings. The first-order chi connectivity index (χ1) is 9.56. The highest BCUT2D eigenvalue weighted by molar-refractivity contribution is 9.10. The van der Waals surface area contributed by atoms with Crippen molar-refractivity contribution in [2.45, 2.75) is 6.04 Å². The van der Waals surface area contributed by atoms with Crippen LogP contribution in [0, 0.1) is 5.82 Å². The first-order valence-electron chi connectivity index (χ1n) is 5.81. The highest BCUT2D eigenvalue weighted by Crippen LogP contribution is 2.32. The minimum absolute atomic E-state index is 0.185. The number of halogens is 3. The van der Waals surface area contributed by atoms with Crippen LogP contribution in [0.15, 0.2) is 40.9 Å². The summed E-state index contributed by atoms with van der Waals surface area (Å²) < 4.78 is 19.6. The van der Waals surface area contributed by atoms with Gasteiger partial charge in [0, 0.05) is 9.50 Å². The third-order valence-corrected chi connectivity index (χ3v) is 3.78. The lowest BCUT2D eigenvalue weighted by Gasteiger charge is -2.19. The van der Waals surface area contributed by atoms with Crippen molar-refractivity contribution in [2.24, 2.45) is 5.84 Å². The lowest BCUT2D eigenvalue weighted by atomic mass is 9.99. The molecule has 2 rings (SSSR count). The number of hydrogen-bond donors (Lipinski definition) is 2. The van der Waals surface area contributed by atoms with Gasteiger partial charge in [0.1, 0.15) is 0 Å². The van der Waals surface area contributed by atoms with Gasteiger partial charge < -0.3 is 4.74 Å². The van der Waals surface area contributed by atoms with Gasteiger partial charge in [-0.05, 0) is 41.5 Å². The van der Waals surface area contributed by atoms with Crippen LogP contribution in [-0.4, -0.2) is 7.11 Å². The van der Waals surface area contributed by atoms with Gasteiger partial charge in [-0.3, -0.25) is 5.84 Å². The number of nitrogens with one attached hydrogen (secondary N) is 1. The van der Waals surface area contributed by atoms with E-state index in [2.05, 4.69) is 21.4 Å². The van der Waals surface area contributed by atoms with Crippen molar-refractivity contribution >= 4 is 27.5 Å². The summed E-state index contributed by atoms with van der Waals surface area (Å²) in [5, 5.41) is 0.548. The molecule has 2 aromatic carbocycles. The Morgan fingerprint density at radius 2 is 2.05 bits per heavy atom. The SMILES string of the molecule is COc1ccc(C(NN)c2cc(Br)ccc2Cl)cc1F. The smallest absolute Gasteiger partial charge is 0.165 e. The van der Waals surface area contributed by atoms with Gasteiger partial charge in [0.15, 0.2) is 11.6 Å². The van der Waals surface area contributed by atoms with E-state index in [4.69, 9.17) is 22.2 Å². The number of ether oxygens (including phenoxy) is 1. The van der Waals surface area contributed by atoms with Crippen LogP contribution in [0.25, 0.3) is 0 Å². The van der Waals surface area contributed by atoms with Gasteiger partial charge in [0.2, 0.25) is 0 Å². The molecule has 3 N–H and O–H groups in total. The van der Waals surface area contributed by atoms with E-state index in [1.54, 1.807) is 18.2 Å². The van der Waals surface area contributed by atoms with Crippen LogP contribution < -0.4 is 16.0 Å². The van der Waals surface area contributed by atoms with Gasteiger partial charge in [-0.25, -0.2) is 9.82 Å². The molecule has 0 radical (unpaired) electrons. The lowest BCUT2D eigenvalue weighted by molar-refractivity contribution is 0.385. The second kappa shape index (κ2) is 6.54. The molecular formula is C14H13BrClFN2O. The summed E-state index contributed by atoms with van der Waals surface area (Å²) in [5.41, 5.74) is 4.07. The Bertz CT molecular complexity index is 624. The van der Waals surface area contributed by atoms with Crippen molar-refractivity contribution in [3.8, 4) is 5.75 Å². The molecule has 20 heavy (non-hydrogen) atoms. The van der Waals surface area contributed by atoms with Crippen LogP contribution in [0.1, 0.15) is 17.2 Å². The van der Waals surface area contributed by atoms with Crippen LogP contribution >= 0.6 is 27.5 Å². The van der Waals surface area contributed by atoms with Gasteiger partial charge in [0.25, 0.3) is 0 Å². The van der Waals surface area contributed by atoms with E-state index in [-0.39, 0.29) is 5.75 Å². The Morgan fingerprint density at radius 1 is 1.30 bits per heavy atom. The predicted molar refractivity (Wildman–Crippen MR) is 81.3 cm³/mol. The van der Waals surface area contributed by atoms with Crippen molar-refractivity contribution in [3.05, 3.63) is 62.8 Å². The van der Waals surface area contributed by atoms with E-state index in [0.29, 0.717) is 10.6 Å².